The fourth-order valence-electron chi connectivity index (χ4n) is 0.872. The normalized spacial score (nSPS) is 45.0. The summed E-state index contributed by atoms with van der Waals surface area (Å²) < 4.78 is 0. The van der Waals surface area contributed by atoms with Gasteiger partial charge in [-0.2, -0.15) is 12.6 Å². The zero-order valence-electron chi connectivity index (χ0n) is 5.70. The summed E-state index contributed by atoms with van der Waals surface area (Å²) in [5.74, 6) is 2.05. The molecule has 3 unspecified atom stereocenters. The molecule has 1 heterocycles. The van der Waals surface area contributed by atoms with Crippen LogP contribution in [-0.4, -0.2) is 16.3 Å². The van der Waals surface area contributed by atoms with Crippen molar-refractivity contribution < 1.29 is 0 Å². The van der Waals surface area contributed by atoms with Crippen LogP contribution in [0.2, 0.25) is 0 Å². The lowest BCUT2D eigenvalue weighted by atomic mass is 10.1. The minimum Gasteiger partial charge on any atom is -0.174 e. The second-order valence-corrected chi connectivity index (χ2v) is 5.94. The third-order valence-corrected chi connectivity index (χ3v) is 5.89. The Bertz CT molecular complexity index is 84.3. The van der Waals surface area contributed by atoms with Crippen molar-refractivity contribution in [1.29, 1.82) is 0 Å². The average Bonchev–Trinajstić information content (AvgIpc) is 1.83. The Morgan fingerprint density at radius 1 is 1.44 bits per heavy atom. The number of hydrogen-bond donors (Lipinski definition) is 1. The van der Waals surface area contributed by atoms with Crippen molar-refractivity contribution in [2.24, 2.45) is 5.92 Å². The van der Waals surface area contributed by atoms with E-state index >= 15 is 0 Å². The molecule has 1 aliphatic rings. The quantitative estimate of drug-likeness (QED) is 0.450. The van der Waals surface area contributed by atoms with E-state index in [1.54, 1.807) is 0 Å². The fourth-order valence-corrected chi connectivity index (χ4v) is 4.53. The first-order valence-corrected chi connectivity index (χ1v) is 6.08. The lowest BCUT2D eigenvalue weighted by Gasteiger charge is -2.29. The topological polar surface area (TPSA) is 0 Å². The van der Waals surface area contributed by atoms with E-state index in [4.69, 9.17) is 0 Å². The van der Waals surface area contributed by atoms with E-state index in [-0.39, 0.29) is 0 Å². The van der Waals surface area contributed by atoms with E-state index in [1.165, 1.54) is 5.75 Å². The van der Waals surface area contributed by atoms with Gasteiger partial charge in [0.1, 0.15) is 0 Å². The molecule has 1 saturated heterocycles. The highest BCUT2D eigenvalue weighted by molar-refractivity contribution is 8.77. The summed E-state index contributed by atoms with van der Waals surface area (Å²) >= 11 is 4.52. The van der Waals surface area contributed by atoms with Gasteiger partial charge < -0.3 is 0 Å². The van der Waals surface area contributed by atoms with Crippen molar-refractivity contribution in [2.45, 2.75) is 24.3 Å². The minimum absolute atomic E-state index is 0.608. The molecule has 0 radical (unpaired) electrons. The lowest BCUT2D eigenvalue weighted by Crippen LogP contribution is -2.26. The van der Waals surface area contributed by atoms with Crippen molar-refractivity contribution in [3.63, 3.8) is 0 Å². The van der Waals surface area contributed by atoms with Gasteiger partial charge in [0.2, 0.25) is 0 Å². The largest absolute Gasteiger partial charge is 0.174 e. The summed E-state index contributed by atoms with van der Waals surface area (Å²) in [4.78, 5) is 0. The first-order chi connectivity index (χ1) is 4.22. The maximum absolute atomic E-state index is 4.52. The summed E-state index contributed by atoms with van der Waals surface area (Å²) in [6, 6.07) is 0. The Labute approximate surface area is 70.4 Å². The monoisotopic (exact) mass is 180 g/mol. The van der Waals surface area contributed by atoms with Crippen LogP contribution in [0.5, 0.6) is 0 Å². The molecule has 3 atom stereocenters. The van der Waals surface area contributed by atoms with Gasteiger partial charge in [0.15, 0.2) is 0 Å². The van der Waals surface area contributed by atoms with Crippen LogP contribution in [0.4, 0.5) is 0 Å². The summed E-state index contributed by atoms with van der Waals surface area (Å²) in [7, 11) is 3.95. The van der Waals surface area contributed by atoms with E-state index < -0.39 is 0 Å². The van der Waals surface area contributed by atoms with Crippen LogP contribution in [0.3, 0.4) is 0 Å². The van der Waals surface area contributed by atoms with Crippen LogP contribution in [0, 0.1) is 5.92 Å². The molecule has 1 fully saturated rings. The first-order valence-electron chi connectivity index (χ1n) is 3.18. The van der Waals surface area contributed by atoms with Gasteiger partial charge in [-0.05, 0) is 5.92 Å². The molecule has 0 N–H and O–H groups in total. The second kappa shape index (κ2) is 3.44. The first kappa shape index (κ1) is 8.15. The van der Waals surface area contributed by atoms with Gasteiger partial charge >= 0.3 is 0 Å². The van der Waals surface area contributed by atoms with Crippen molar-refractivity contribution in [2.75, 3.05) is 5.75 Å². The molecule has 0 saturated carbocycles. The van der Waals surface area contributed by atoms with E-state index in [0.717, 1.165) is 11.2 Å². The standard InChI is InChI=1S/C6H12S3/c1-4-3-8-9-5(2)6(4)7/h4-7H,3H2,1-2H3. The number of thiol groups is 1. The fraction of sp³-hybridized carbons (Fsp3) is 1.00. The van der Waals surface area contributed by atoms with Gasteiger partial charge in [-0.25, -0.2) is 0 Å². The Morgan fingerprint density at radius 3 is 2.56 bits per heavy atom. The van der Waals surface area contributed by atoms with Crippen molar-refractivity contribution in [1.82, 2.24) is 0 Å². The van der Waals surface area contributed by atoms with Gasteiger partial charge in [0.05, 0.1) is 0 Å². The second-order valence-electron chi connectivity index (χ2n) is 2.55. The Morgan fingerprint density at radius 2 is 2.11 bits per heavy atom. The van der Waals surface area contributed by atoms with Crippen molar-refractivity contribution >= 4 is 34.2 Å². The smallest absolute Gasteiger partial charge is 0.0242 e. The molecular formula is C6H12S3. The molecule has 0 spiro atoms. The van der Waals surface area contributed by atoms with Gasteiger partial charge in [0.25, 0.3) is 0 Å². The highest BCUT2D eigenvalue weighted by Crippen LogP contribution is 2.40. The predicted molar refractivity (Wildman–Crippen MR) is 51.4 cm³/mol. The molecule has 0 aromatic heterocycles. The van der Waals surface area contributed by atoms with Crippen LogP contribution >= 0.6 is 34.2 Å². The minimum atomic E-state index is 0.608. The van der Waals surface area contributed by atoms with Gasteiger partial charge in [-0.3, -0.25) is 0 Å². The van der Waals surface area contributed by atoms with Gasteiger partial charge in [0, 0.05) is 16.3 Å². The van der Waals surface area contributed by atoms with E-state index in [9.17, 15) is 0 Å². The molecule has 0 aliphatic carbocycles. The van der Waals surface area contributed by atoms with Gasteiger partial charge in [-0.1, -0.05) is 35.4 Å². The van der Waals surface area contributed by atoms with E-state index in [1.807, 2.05) is 21.6 Å². The summed E-state index contributed by atoms with van der Waals surface area (Å²) in [5, 5.41) is 1.33. The lowest BCUT2D eigenvalue weighted by molar-refractivity contribution is 0.613. The molecule has 1 rings (SSSR count). The third kappa shape index (κ3) is 1.99. The number of rotatable bonds is 0. The van der Waals surface area contributed by atoms with Crippen LogP contribution < -0.4 is 0 Å². The van der Waals surface area contributed by atoms with E-state index in [0.29, 0.717) is 5.25 Å². The summed E-state index contributed by atoms with van der Waals surface area (Å²) in [5.41, 5.74) is 0. The number of hydrogen-bond acceptors (Lipinski definition) is 3. The molecule has 1 aliphatic heterocycles. The average molecular weight is 180 g/mol. The van der Waals surface area contributed by atoms with Crippen molar-refractivity contribution in [3.05, 3.63) is 0 Å². The molecular weight excluding hydrogens is 168 g/mol. The van der Waals surface area contributed by atoms with Gasteiger partial charge in [-0.15, -0.1) is 0 Å². The molecule has 0 aromatic rings. The molecule has 0 nitrogen and oxygen atoms in total. The Kier molecular flexibility index (Phi) is 3.12. The molecule has 0 bridgehead atoms. The molecule has 0 amide bonds. The zero-order chi connectivity index (χ0) is 6.85. The molecule has 0 aromatic carbocycles. The summed E-state index contributed by atoms with van der Waals surface area (Å²) in [6.07, 6.45) is 0. The van der Waals surface area contributed by atoms with Crippen LogP contribution in [-0.2, 0) is 0 Å². The van der Waals surface area contributed by atoms with Crippen LogP contribution in [0.25, 0.3) is 0 Å². The Hall–Kier alpha value is 1.05. The van der Waals surface area contributed by atoms with E-state index in [2.05, 4.69) is 26.5 Å². The van der Waals surface area contributed by atoms with Crippen LogP contribution in [0.15, 0.2) is 0 Å². The molecule has 9 heavy (non-hydrogen) atoms. The summed E-state index contributed by atoms with van der Waals surface area (Å²) in [6.45, 7) is 4.53. The zero-order valence-corrected chi connectivity index (χ0v) is 8.23. The Balaban J connectivity index is 2.41. The molecule has 54 valence electrons. The highest BCUT2D eigenvalue weighted by Gasteiger charge is 2.25. The maximum Gasteiger partial charge on any atom is 0.0242 e. The third-order valence-electron chi connectivity index (χ3n) is 1.61. The SMILES string of the molecule is CC1CSSC(C)C1S. The van der Waals surface area contributed by atoms with Crippen molar-refractivity contribution in [3.8, 4) is 0 Å². The highest BCUT2D eigenvalue weighted by atomic mass is 33.1. The molecule has 3 heteroatoms. The predicted octanol–water partition coefficient (Wildman–Crippen LogP) is 2.70. The van der Waals surface area contributed by atoms with Crippen LogP contribution in [0.1, 0.15) is 13.8 Å². The maximum atomic E-state index is 4.52.